The topological polar surface area (TPSA) is 3.24 Å². The zero-order valence-electron chi connectivity index (χ0n) is 4.61. The fraction of sp³-hybridized carbons (Fsp3) is 1.00. The Morgan fingerprint density at radius 1 is 1.12 bits per heavy atom. The quantitative estimate of drug-likeness (QED) is 0.552. The molecule has 1 unspecified atom stereocenters. The molecule has 4 heteroatoms. The summed E-state index contributed by atoms with van der Waals surface area (Å²) >= 11 is 6.70. The van der Waals surface area contributed by atoms with E-state index in [9.17, 15) is 0 Å². The van der Waals surface area contributed by atoms with Crippen molar-refractivity contribution >= 4 is 41.3 Å². The number of hydrogen-bond acceptors (Lipinski definition) is 1. The van der Waals surface area contributed by atoms with Crippen molar-refractivity contribution in [1.29, 1.82) is 0 Å². The lowest BCUT2D eigenvalue weighted by Crippen LogP contribution is -2.15. The summed E-state index contributed by atoms with van der Waals surface area (Å²) in [6.45, 7) is 2.19. The molecule has 0 rings (SSSR count). The van der Waals surface area contributed by atoms with Crippen LogP contribution in [0.1, 0.15) is 0 Å². The van der Waals surface area contributed by atoms with Gasteiger partial charge in [-0.3, -0.25) is 4.67 Å². The summed E-state index contributed by atoms with van der Waals surface area (Å²) in [5, 5.41) is 2.09. The molecule has 50 valence electrons. The summed E-state index contributed by atoms with van der Waals surface area (Å²) in [4.78, 5) is 0. The minimum absolute atomic E-state index is 1.05. The van der Waals surface area contributed by atoms with Crippen molar-refractivity contribution in [1.82, 2.24) is 4.67 Å². The van der Waals surface area contributed by atoms with Crippen molar-refractivity contribution in [2.45, 2.75) is 0 Å². The molecule has 0 aromatic rings. The zero-order chi connectivity index (χ0) is 6.41. The van der Waals surface area contributed by atoms with Crippen molar-refractivity contribution in [3.8, 4) is 0 Å². The maximum absolute atomic E-state index is 3.35. The fourth-order valence-electron chi connectivity index (χ4n) is 0.329. The highest BCUT2D eigenvalue weighted by Crippen LogP contribution is 1.99. The molecule has 0 heterocycles. The predicted octanol–water partition coefficient (Wildman–Crippen LogP) is 1.87. The van der Waals surface area contributed by atoms with Crippen LogP contribution in [0.25, 0.3) is 0 Å². The van der Waals surface area contributed by atoms with Gasteiger partial charge < -0.3 is 0 Å². The van der Waals surface area contributed by atoms with E-state index < -0.39 is 0 Å². The van der Waals surface area contributed by atoms with Gasteiger partial charge in [0, 0.05) is 23.7 Å². The maximum atomic E-state index is 3.35. The van der Waals surface area contributed by atoms with Crippen LogP contribution in [0.15, 0.2) is 0 Å². The zero-order valence-corrected chi connectivity index (χ0v) is 8.94. The van der Waals surface area contributed by atoms with Gasteiger partial charge in [0.15, 0.2) is 0 Å². The fourth-order valence-corrected chi connectivity index (χ4v) is 2.25. The van der Waals surface area contributed by atoms with E-state index in [2.05, 4.69) is 45.9 Å². The third-order valence-corrected chi connectivity index (χ3v) is 1.97. The monoisotopic (exact) mass is 261 g/mol. The Balaban J connectivity index is 2.92. The van der Waals surface area contributed by atoms with Gasteiger partial charge in [-0.2, -0.15) is 0 Å². The summed E-state index contributed by atoms with van der Waals surface area (Å²) in [7, 11) is 2.67. The Labute approximate surface area is 69.7 Å². The molecule has 0 N–H and O–H groups in total. The highest BCUT2D eigenvalue weighted by atomic mass is 79.9. The maximum Gasteiger partial charge on any atom is 0.0162 e. The predicted molar refractivity (Wildman–Crippen MR) is 48.9 cm³/mol. The standard InChI is InChI=1S/C4H10Br2NP/c5-1-3-7(8)4-2-6/h1-4,8H2. The van der Waals surface area contributed by atoms with E-state index >= 15 is 0 Å². The van der Waals surface area contributed by atoms with Crippen LogP contribution in [-0.2, 0) is 0 Å². The Hall–Kier alpha value is 1.35. The molecule has 0 amide bonds. The third kappa shape index (κ3) is 5.49. The van der Waals surface area contributed by atoms with Gasteiger partial charge in [-0.25, -0.2) is 0 Å². The van der Waals surface area contributed by atoms with Crippen molar-refractivity contribution < 1.29 is 0 Å². The molecule has 0 radical (unpaired) electrons. The lowest BCUT2D eigenvalue weighted by molar-refractivity contribution is 0.535. The van der Waals surface area contributed by atoms with Gasteiger partial charge in [0.25, 0.3) is 0 Å². The van der Waals surface area contributed by atoms with Gasteiger partial charge in [-0.15, -0.1) is 0 Å². The summed E-state index contributed by atoms with van der Waals surface area (Å²) in [5.41, 5.74) is 0. The minimum Gasteiger partial charge on any atom is -0.286 e. The number of nitrogens with zero attached hydrogens (tertiary/aromatic N) is 1. The van der Waals surface area contributed by atoms with Crippen molar-refractivity contribution in [2.75, 3.05) is 23.7 Å². The van der Waals surface area contributed by atoms with Crippen LogP contribution in [0, 0.1) is 0 Å². The molecule has 0 saturated heterocycles. The van der Waals surface area contributed by atoms with E-state index in [0.717, 1.165) is 23.7 Å². The third-order valence-electron chi connectivity index (χ3n) is 0.743. The van der Waals surface area contributed by atoms with Crippen molar-refractivity contribution in [3.05, 3.63) is 0 Å². The van der Waals surface area contributed by atoms with Crippen LogP contribution in [-0.4, -0.2) is 28.4 Å². The SMILES string of the molecule is PN(CCBr)CCBr. The second kappa shape index (κ2) is 6.47. The molecule has 0 bridgehead atoms. The average Bonchev–Trinajstić information content (AvgIpc) is 1.68. The molecule has 0 aliphatic rings. The van der Waals surface area contributed by atoms with E-state index in [1.165, 1.54) is 0 Å². The summed E-state index contributed by atoms with van der Waals surface area (Å²) in [6, 6.07) is 0. The van der Waals surface area contributed by atoms with Crippen molar-refractivity contribution in [2.24, 2.45) is 0 Å². The highest BCUT2D eigenvalue weighted by Gasteiger charge is 1.91. The molecule has 8 heavy (non-hydrogen) atoms. The number of hydrogen-bond donors (Lipinski definition) is 0. The summed E-state index contributed by atoms with van der Waals surface area (Å²) in [5.74, 6) is 0. The van der Waals surface area contributed by atoms with Crippen LogP contribution >= 0.6 is 41.3 Å². The molecule has 0 fully saturated rings. The van der Waals surface area contributed by atoms with Crippen LogP contribution in [0.2, 0.25) is 0 Å². The Kier molecular flexibility index (Phi) is 7.56. The minimum atomic E-state index is 1.05. The highest BCUT2D eigenvalue weighted by molar-refractivity contribution is 9.09. The largest absolute Gasteiger partial charge is 0.286 e. The first kappa shape index (κ1) is 9.35. The van der Waals surface area contributed by atoms with Crippen LogP contribution < -0.4 is 0 Å². The first-order chi connectivity index (χ1) is 3.81. The molecular formula is C4H10Br2NP. The second-order valence-electron chi connectivity index (χ2n) is 1.41. The van der Waals surface area contributed by atoms with Crippen molar-refractivity contribution in [3.63, 3.8) is 0 Å². The Morgan fingerprint density at radius 3 is 1.75 bits per heavy atom. The molecule has 1 nitrogen and oxygen atoms in total. The molecule has 0 aliphatic carbocycles. The first-order valence-corrected chi connectivity index (χ1v) is 5.18. The normalized spacial score (nSPS) is 10.5. The van der Waals surface area contributed by atoms with E-state index in [1.54, 1.807) is 0 Å². The lowest BCUT2D eigenvalue weighted by atomic mass is 10.7. The second-order valence-corrected chi connectivity index (χ2v) is 3.73. The van der Waals surface area contributed by atoms with Gasteiger partial charge in [0.05, 0.1) is 0 Å². The smallest absolute Gasteiger partial charge is 0.0162 e. The average molecular weight is 263 g/mol. The van der Waals surface area contributed by atoms with E-state index in [4.69, 9.17) is 0 Å². The van der Waals surface area contributed by atoms with Crippen LogP contribution in [0.3, 0.4) is 0 Å². The Bertz CT molecular complexity index is 47.3. The van der Waals surface area contributed by atoms with Gasteiger partial charge in [-0.1, -0.05) is 41.3 Å². The number of rotatable bonds is 4. The van der Waals surface area contributed by atoms with E-state index in [-0.39, 0.29) is 0 Å². The summed E-state index contributed by atoms with van der Waals surface area (Å²) in [6.07, 6.45) is 0. The molecular weight excluding hydrogens is 253 g/mol. The molecule has 0 aliphatic heterocycles. The summed E-state index contributed by atoms with van der Waals surface area (Å²) < 4.78 is 2.18. The van der Waals surface area contributed by atoms with Crippen LogP contribution in [0.5, 0.6) is 0 Å². The van der Waals surface area contributed by atoms with Crippen LogP contribution in [0.4, 0.5) is 0 Å². The van der Waals surface area contributed by atoms with Gasteiger partial charge in [-0.05, 0) is 0 Å². The van der Waals surface area contributed by atoms with Gasteiger partial charge >= 0.3 is 0 Å². The molecule has 0 aromatic carbocycles. The molecule has 0 spiro atoms. The van der Waals surface area contributed by atoms with E-state index in [1.807, 2.05) is 0 Å². The first-order valence-electron chi connectivity index (χ1n) is 2.43. The van der Waals surface area contributed by atoms with Gasteiger partial charge in [0.1, 0.15) is 0 Å². The molecule has 0 saturated carbocycles. The molecule has 0 aromatic heterocycles. The van der Waals surface area contributed by atoms with Gasteiger partial charge in [0.2, 0.25) is 0 Å². The Morgan fingerprint density at radius 2 is 1.50 bits per heavy atom. The number of alkyl halides is 2. The molecule has 1 atom stereocenters. The number of halogens is 2. The van der Waals surface area contributed by atoms with E-state index in [0.29, 0.717) is 0 Å². The lowest BCUT2D eigenvalue weighted by Gasteiger charge is -2.11.